The van der Waals surface area contributed by atoms with Gasteiger partial charge in [-0.3, -0.25) is 19.4 Å². The van der Waals surface area contributed by atoms with Gasteiger partial charge in [0.1, 0.15) is 18.1 Å². The van der Waals surface area contributed by atoms with E-state index >= 15 is 0 Å². The van der Waals surface area contributed by atoms with Crippen molar-refractivity contribution in [2.24, 2.45) is 39.9 Å². The van der Waals surface area contributed by atoms with Crippen molar-refractivity contribution in [1.29, 1.82) is 0 Å². The highest BCUT2D eigenvalue weighted by Gasteiger charge is 2.33. The molecule has 6 atom stereocenters. The smallest absolute Gasteiger partial charge is 0.326 e. The Bertz CT molecular complexity index is 755. The minimum Gasteiger partial charge on any atom is -0.480 e. The Morgan fingerprint density at radius 2 is 1.39 bits per heavy atom. The Morgan fingerprint density at radius 1 is 0.833 bits per heavy atom. The second-order valence-electron chi connectivity index (χ2n) is 9.82. The number of aliphatic imine (C=N–C) groups is 1. The van der Waals surface area contributed by atoms with E-state index < -0.39 is 47.9 Å². The molecule has 0 aromatic heterocycles. The predicted octanol–water partition coefficient (Wildman–Crippen LogP) is 0.0446. The van der Waals surface area contributed by atoms with Gasteiger partial charge in [-0.05, 0) is 37.0 Å². The molecule has 36 heavy (non-hydrogen) atoms. The fourth-order valence-electron chi connectivity index (χ4n) is 3.46. The van der Waals surface area contributed by atoms with Crippen molar-refractivity contribution in [3.63, 3.8) is 0 Å². The Morgan fingerprint density at radius 3 is 1.86 bits per heavy atom. The number of aliphatic carboxylic acids is 1. The molecule has 0 rings (SSSR count). The van der Waals surface area contributed by atoms with Gasteiger partial charge in [0.2, 0.25) is 17.7 Å². The number of nitrogens with one attached hydrogen (secondary N) is 3. The van der Waals surface area contributed by atoms with Crippen LogP contribution in [0.3, 0.4) is 0 Å². The number of carboxylic acid groups (broad SMARTS) is 1. The number of carbonyl (C=O) groups is 4. The van der Waals surface area contributed by atoms with E-state index in [2.05, 4.69) is 20.9 Å². The monoisotopic (exact) mass is 513 g/mol. The third-order valence-corrected chi connectivity index (χ3v) is 6.25. The van der Waals surface area contributed by atoms with E-state index in [1.807, 2.05) is 34.6 Å². The lowest BCUT2D eigenvalue weighted by molar-refractivity contribution is -0.143. The summed E-state index contributed by atoms with van der Waals surface area (Å²) in [5.74, 6) is -3.13. The highest BCUT2D eigenvalue weighted by Crippen LogP contribution is 2.13. The summed E-state index contributed by atoms with van der Waals surface area (Å²) in [6.45, 7) is 11.5. The van der Waals surface area contributed by atoms with Crippen molar-refractivity contribution in [1.82, 2.24) is 16.0 Å². The lowest BCUT2D eigenvalue weighted by Crippen LogP contribution is -2.59. The summed E-state index contributed by atoms with van der Waals surface area (Å²) < 4.78 is 0. The highest BCUT2D eigenvalue weighted by atomic mass is 16.4. The molecule has 0 saturated heterocycles. The van der Waals surface area contributed by atoms with Crippen molar-refractivity contribution in [2.75, 3.05) is 6.54 Å². The third kappa shape index (κ3) is 12.2. The Balaban J connectivity index is 5.55. The fourth-order valence-corrected chi connectivity index (χ4v) is 3.46. The van der Waals surface area contributed by atoms with Crippen LogP contribution in [0.5, 0.6) is 0 Å². The van der Waals surface area contributed by atoms with Gasteiger partial charge in [-0.2, -0.15) is 0 Å². The van der Waals surface area contributed by atoms with Gasteiger partial charge in [0, 0.05) is 6.54 Å². The number of hydrogen-bond donors (Lipinski definition) is 7. The SMILES string of the molecule is CCC(C)C(N)C(=O)NC(CC(C)C)C(=O)NC(C(=O)NC(CCCN=C(N)N)C(=O)O)C(C)CC. The van der Waals surface area contributed by atoms with Crippen LogP contribution in [0.25, 0.3) is 0 Å². The highest BCUT2D eigenvalue weighted by molar-refractivity contribution is 5.94. The number of guanidine groups is 1. The number of nitrogens with two attached hydrogens (primary N) is 3. The zero-order valence-corrected chi connectivity index (χ0v) is 22.5. The molecule has 0 saturated carbocycles. The molecule has 0 aliphatic heterocycles. The van der Waals surface area contributed by atoms with E-state index in [0.29, 0.717) is 25.7 Å². The lowest BCUT2D eigenvalue weighted by atomic mass is 9.95. The average molecular weight is 514 g/mol. The molecule has 0 aromatic rings. The maximum Gasteiger partial charge on any atom is 0.326 e. The van der Waals surface area contributed by atoms with E-state index in [4.69, 9.17) is 17.2 Å². The molecule has 12 heteroatoms. The first-order chi connectivity index (χ1) is 16.7. The number of carboxylic acids is 1. The van der Waals surface area contributed by atoms with E-state index in [9.17, 15) is 24.3 Å². The molecule has 0 aromatic carbocycles. The van der Waals surface area contributed by atoms with Crippen LogP contribution in [0.15, 0.2) is 4.99 Å². The van der Waals surface area contributed by atoms with Gasteiger partial charge in [0.15, 0.2) is 5.96 Å². The summed E-state index contributed by atoms with van der Waals surface area (Å²) in [7, 11) is 0. The van der Waals surface area contributed by atoms with Crippen LogP contribution in [0.2, 0.25) is 0 Å². The van der Waals surface area contributed by atoms with Crippen LogP contribution in [-0.4, -0.2) is 65.5 Å². The van der Waals surface area contributed by atoms with Crippen LogP contribution in [0, 0.1) is 17.8 Å². The van der Waals surface area contributed by atoms with Crippen molar-refractivity contribution >= 4 is 29.7 Å². The van der Waals surface area contributed by atoms with Crippen LogP contribution in [0.1, 0.15) is 73.6 Å². The first-order valence-electron chi connectivity index (χ1n) is 12.7. The minimum absolute atomic E-state index is 0.0636. The van der Waals surface area contributed by atoms with Crippen LogP contribution in [0.4, 0.5) is 0 Å². The summed E-state index contributed by atoms with van der Waals surface area (Å²) in [6.07, 6.45) is 2.07. The summed E-state index contributed by atoms with van der Waals surface area (Å²) in [5, 5.41) is 17.5. The molecule has 0 aliphatic rings. The first-order valence-corrected chi connectivity index (χ1v) is 12.7. The molecule has 208 valence electrons. The van der Waals surface area contributed by atoms with Crippen LogP contribution in [-0.2, 0) is 19.2 Å². The van der Waals surface area contributed by atoms with Crippen molar-refractivity contribution in [3.8, 4) is 0 Å². The zero-order valence-electron chi connectivity index (χ0n) is 22.5. The zero-order chi connectivity index (χ0) is 28.0. The minimum atomic E-state index is -1.20. The fraction of sp³-hybridized carbons (Fsp3) is 0.792. The van der Waals surface area contributed by atoms with Gasteiger partial charge < -0.3 is 38.3 Å². The molecule has 0 heterocycles. The summed E-state index contributed by atoms with van der Waals surface area (Å²) >= 11 is 0. The maximum atomic E-state index is 13.2. The normalized spacial score (nSPS) is 16.1. The quantitative estimate of drug-likeness (QED) is 0.0798. The van der Waals surface area contributed by atoms with E-state index in [1.54, 1.807) is 6.92 Å². The second-order valence-corrected chi connectivity index (χ2v) is 9.82. The summed E-state index contributed by atoms with van der Waals surface area (Å²) in [4.78, 5) is 54.4. The van der Waals surface area contributed by atoms with Gasteiger partial charge in [-0.1, -0.05) is 54.4 Å². The van der Waals surface area contributed by atoms with E-state index in [1.165, 1.54) is 0 Å². The van der Waals surface area contributed by atoms with Gasteiger partial charge in [0.25, 0.3) is 0 Å². The molecule has 0 bridgehead atoms. The first kappa shape index (κ1) is 33.1. The number of nitrogens with zero attached hydrogens (tertiary/aromatic N) is 1. The molecule has 6 unspecified atom stereocenters. The molecule has 0 aliphatic carbocycles. The van der Waals surface area contributed by atoms with Crippen molar-refractivity contribution < 1.29 is 24.3 Å². The molecule has 0 spiro atoms. The molecule has 0 fully saturated rings. The molecular formula is C24H47N7O5. The Kier molecular flexibility index (Phi) is 15.4. The van der Waals surface area contributed by atoms with E-state index in [0.717, 1.165) is 0 Å². The molecule has 12 nitrogen and oxygen atoms in total. The maximum absolute atomic E-state index is 13.2. The number of amides is 3. The van der Waals surface area contributed by atoms with Crippen LogP contribution < -0.4 is 33.2 Å². The largest absolute Gasteiger partial charge is 0.480 e. The van der Waals surface area contributed by atoms with Crippen molar-refractivity contribution in [2.45, 2.75) is 97.8 Å². The van der Waals surface area contributed by atoms with Crippen LogP contribution >= 0.6 is 0 Å². The van der Waals surface area contributed by atoms with Gasteiger partial charge in [-0.25, -0.2) is 4.79 Å². The molecular weight excluding hydrogens is 466 g/mol. The van der Waals surface area contributed by atoms with Gasteiger partial charge in [0.05, 0.1) is 6.04 Å². The Hall–Kier alpha value is -2.89. The molecule has 10 N–H and O–H groups in total. The number of hydrogen-bond acceptors (Lipinski definition) is 6. The topological polar surface area (TPSA) is 215 Å². The predicted molar refractivity (Wildman–Crippen MR) is 140 cm³/mol. The second kappa shape index (κ2) is 16.7. The number of rotatable bonds is 17. The van der Waals surface area contributed by atoms with E-state index in [-0.39, 0.29) is 36.7 Å². The number of carbonyl (C=O) groups excluding carboxylic acids is 3. The third-order valence-electron chi connectivity index (χ3n) is 6.25. The standard InChI is InChI=1S/C24H47N7O5/c1-7-14(5)18(25)21(33)30-17(12-13(3)4)20(32)31-19(15(6)8-2)22(34)29-16(23(35)36)10-9-11-28-24(26)27/h13-19H,7-12,25H2,1-6H3,(H,29,34)(H,30,33)(H,31,32)(H,35,36)(H4,26,27,28). The molecule has 0 radical (unpaired) electrons. The average Bonchev–Trinajstić information content (AvgIpc) is 2.81. The van der Waals surface area contributed by atoms with Crippen molar-refractivity contribution in [3.05, 3.63) is 0 Å². The summed E-state index contributed by atoms with van der Waals surface area (Å²) in [5.41, 5.74) is 16.6. The molecule has 3 amide bonds. The van der Waals surface area contributed by atoms with Gasteiger partial charge >= 0.3 is 5.97 Å². The lowest BCUT2D eigenvalue weighted by Gasteiger charge is -2.29. The Labute approximate surface area is 214 Å². The van der Waals surface area contributed by atoms with Gasteiger partial charge in [-0.15, -0.1) is 0 Å². The summed E-state index contributed by atoms with van der Waals surface area (Å²) in [6, 6.07) is -3.81.